The first-order valence-corrected chi connectivity index (χ1v) is 10.1. The third-order valence-electron chi connectivity index (χ3n) is 4.77. The lowest BCUT2D eigenvalue weighted by molar-refractivity contribution is -0.122. The Labute approximate surface area is 175 Å². The molecular formula is C21H23Cl2N3O2. The second-order valence-corrected chi connectivity index (χ2v) is 7.67. The average Bonchev–Trinajstić information content (AvgIpc) is 2.70. The third-order valence-corrected chi connectivity index (χ3v) is 5.27. The normalized spacial score (nSPS) is 14.7. The molecule has 0 atom stereocenters. The van der Waals surface area contributed by atoms with Crippen molar-refractivity contribution in [2.24, 2.45) is 0 Å². The van der Waals surface area contributed by atoms with Crippen LogP contribution in [-0.2, 0) is 11.2 Å². The number of carbonyl (C=O) groups excluding carboxylic acids is 2. The number of carbonyl (C=O) groups is 2. The molecule has 148 valence electrons. The van der Waals surface area contributed by atoms with Crippen molar-refractivity contribution in [2.45, 2.75) is 6.42 Å². The molecule has 5 nitrogen and oxygen atoms in total. The first kappa shape index (κ1) is 20.6. The zero-order chi connectivity index (χ0) is 19.9. The number of nitrogens with zero attached hydrogens (tertiary/aromatic N) is 2. The van der Waals surface area contributed by atoms with E-state index in [0.29, 0.717) is 54.9 Å². The molecule has 0 bridgehead atoms. The molecule has 1 heterocycles. The number of hydrogen-bond donors (Lipinski definition) is 1. The van der Waals surface area contributed by atoms with Crippen LogP contribution in [0.3, 0.4) is 0 Å². The molecule has 2 aromatic rings. The first-order valence-electron chi connectivity index (χ1n) is 9.29. The summed E-state index contributed by atoms with van der Waals surface area (Å²) in [4.78, 5) is 28.6. The van der Waals surface area contributed by atoms with Crippen molar-refractivity contribution >= 4 is 35.0 Å². The Balaban J connectivity index is 1.37. The second-order valence-electron chi connectivity index (χ2n) is 6.80. The Kier molecular flexibility index (Phi) is 7.31. The summed E-state index contributed by atoms with van der Waals surface area (Å²) >= 11 is 11.7. The minimum Gasteiger partial charge on any atom is -0.355 e. The maximum atomic E-state index is 12.5. The standard InChI is InChI=1S/C21H23Cl2N3O2/c22-18-5-1-16(2-6-18)9-10-24-20(27)15-25-11-13-26(14-12-25)21(28)17-3-7-19(23)8-4-17/h1-8H,9-15H2,(H,24,27). The fourth-order valence-electron chi connectivity index (χ4n) is 3.14. The molecule has 0 radical (unpaired) electrons. The lowest BCUT2D eigenvalue weighted by Gasteiger charge is -2.34. The molecule has 0 saturated carbocycles. The van der Waals surface area contributed by atoms with Crippen LogP contribution in [-0.4, -0.2) is 60.9 Å². The van der Waals surface area contributed by atoms with Crippen molar-refractivity contribution < 1.29 is 9.59 Å². The van der Waals surface area contributed by atoms with Gasteiger partial charge in [-0.15, -0.1) is 0 Å². The van der Waals surface area contributed by atoms with Crippen molar-refractivity contribution in [3.63, 3.8) is 0 Å². The first-order chi connectivity index (χ1) is 13.5. The predicted molar refractivity (Wildman–Crippen MR) is 112 cm³/mol. The summed E-state index contributed by atoms with van der Waals surface area (Å²) in [6.45, 7) is 3.53. The van der Waals surface area contributed by atoms with E-state index >= 15 is 0 Å². The molecule has 2 amide bonds. The Morgan fingerprint density at radius 2 is 1.43 bits per heavy atom. The lowest BCUT2D eigenvalue weighted by Crippen LogP contribution is -2.51. The van der Waals surface area contributed by atoms with Crippen LogP contribution in [0.4, 0.5) is 0 Å². The topological polar surface area (TPSA) is 52.7 Å². The summed E-state index contributed by atoms with van der Waals surface area (Å²) < 4.78 is 0. The summed E-state index contributed by atoms with van der Waals surface area (Å²) in [6, 6.07) is 14.6. The molecule has 28 heavy (non-hydrogen) atoms. The largest absolute Gasteiger partial charge is 0.355 e. The Morgan fingerprint density at radius 1 is 0.857 bits per heavy atom. The van der Waals surface area contributed by atoms with Gasteiger partial charge in [0.2, 0.25) is 5.91 Å². The van der Waals surface area contributed by atoms with E-state index in [4.69, 9.17) is 23.2 Å². The molecule has 2 aromatic carbocycles. The maximum absolute atomic E-state index is 12.5. The van der Waals surface area contributed by atoms with E-state index in [2.05, 4.69) is 10.2 Å². The molecule has 0 aromatic heterocycles. The molecule has 0 aliphatic carbocycles. The molecule has 1 aliphatic rings. The quantitative estimate of drug-likeness (QED) is 0.782. The number of amides is 2. The van der Waals surface area contributed by atoms with Crippen LogP contribution in [0.2, 0.25) is 10.0 Å². The van der Waals surface area contributed by atoms with Gasteiger partial charge >= 0.3 is 0 Å². The summed E-state index contributed by atoms with van der Waals surface area (Å²) in [5.41, 5.74) is 1.77. The van der Waals surface area contributed by atoms with Gasteiger partial charge in [-0.05, 0) is 48.4 Å². The van der Waals surface area contributed by atoms with E-state index in [1.807, 2.05) is 29.2 Å². The third kappa shape index (κ3) is 5.96. The van der Waals surface area contributed by atoms with E-state index in [0.717, 1.165) is 12.0 Å². The summed E-state index contributed by atoms with van der Waals surface area (Å²) in [7, 11) is 0. The minimum absolute atomic E-state index is 0.00346. The smallest absolute Gasteiger partial charge is 0.253 e. The molecule has 1 N–H and O–H groups in total. The molecule has 1 saturated heterocycles. The van der Waals surface area contributed by atoms with Crippen molar-refractivity contribution in [2.75, 3.05) is 39.3 Å². The van der Waals surface area contributed by atoms with Gasteiger partial charge in [0.25, 0.3) is 5.91 Å². The van der Waals surface area contributed by atoms with Gasteiger partial charge in [-0.25, -0.2) is 0 Å². The summed E-state index contributed by atoms with van der Waals surface area (Å²) in [5.74, 6) is 0.00942. The van der Waals surface area contributed by atoms with Crippen LogP contribution < -0.4 is 5.32 Å². The van der Waals surface area contributed by atoms with Crippen molar-refractivity contribution in [1.29, 1.82) is 0 Å². The zero-order valence-corrected chi connectivity index (χ0v) is 17.0. The number of piperazine rings is 1. The van der Waals surface area contributed by atoms with Crippen LogP contribution in [0, 0.1) is 0 Å². The van der Waals surface area contributed by atoms with Gasteiger partial charge in [0.1, 0.15) is 0 Å². The number of nitrogens with one attached hydrogen (secondary N) is 1. The van der Waals surface area contributed by atoms with Crippen molar-refractivity contribution in [1.82, 2.24) is 15.1 Å². The molecule has 7 heteroatoms. The van der Waals surface area contributed by atoms with Crippen LogP contribution in [0.5, 0.6) is 0 Å². The van der Waals surface area contributed by atoms with Crippen LogP contribution in [0.15, 0.2) is 48.5 Å². The van der Waals surface area contributed by atoms with Crippen molar-refractivity contribution in [3.05, 3.63) is 69.7 Å². The highest BCUT2D eigenvalue weighted by molar-refractivity contribution is 6.30. The van der Waals surface area contributed by atoms with Crippen molar-refractivity contribution in [3.8, 4) is 0 Å². The fraction of sp³-hybridized carbons (Fsp3) is 0.333. The number of hydrogen-bond acceptors (Lipinski definition) is 3. The molecule has 1 aliphatic heterocycles. The SMILES string of the molecule is O=C(CN1CCN(C(=O)c2ccc(Cl)cc2)CC1)NCCc1ccc(Cl)cc1. The minimum atomic E-state index is 0.00346. The molecule has 0 unspecified atom stereocenters. The number of benzene rings is 2. The van der Waals surface area contributed by atoms with Gasteiger partial charge in [0.05, 0.1) is 6.54 Å². The van der Waals surface area contributed by atoms with Gasteiger partial charge in [-0.3, -0.25) is 14.5 Å². The van der Waals surface area contributed by atoms with Gasteiger partial charge in [-0.1, -0.05) is 35.3 Å². The Hall–Kier alpha value is -2.08. The van der Waals surface area contributed by atoms with E-state index in [-0.39, 0.29) is 11.8 Å². The van der Waals surface area contributed by atoms with Crippen LogP contribution in [0.25, 0.3) is 0 Å². The zero-order valence-electron chi connectivity index (χ0n) is 15.5. The van der Waals surface area contributed by atoms with Gasteiger partial charge < -0.3 is 10.2 Å². The van der Waals surface area contributed by atoms with E-state index in [1.54, 1.807) is 24.3 Å². The molecule has 3 rings (SSSR count). The highest BCUT2D eigenvalue weighted by atomic mass is 35.5. The lowest BCUT2D eigenvalue weighted by atomic mass is 10.1. The highest BCUT2D eigenvalue weighted by Crippen LogP contribution is 2.13. The summed E-state index contributed by atoms with van der Waals surface area (Å²) in [6.07, 6.45) is 0.770. The second kappa shape index (κ2) is 9.92. The highest BCUT2D eigenvalue weighted by Gasteiger charge is 2.23. The van der Waals surface area contributed by atoms with E-state index in [1.165, 1.54) is 0 Å². The number of halogens is 2. The number of rotatable bonds is 6. The molecule has 0 spiro atoms. The average molecular weight is 420 g/mol. The predicted octanol–water partition coefficient (Wildman–Crippen LogP) is 3.11. The fourth-order valence-corrected chi connectivity index (χ4v) is 3.39. The van der Waals surface area contributed by atoms with E-state index in [9.17, 15) is 9.59 Å². The monoisotopic (exact) mass is 419 g/mol. The maximum Gasteiger partial charge on any atom is 0.253 e. The van der Waals surface area contributed by atoms with Crippen LogP contribution in [0.1, 0.15) is 15.9 Å². The van der Waals surface area contributed by atoms with Gasteiger partial charge in [-0.2, -0.15) is 0 Å². The van der Waals surface area contributed by atoms with Gasteiger partial charge in [0.15, 0.2) is 0 Å². The van der Waals surface area contributed by atoms with E-state index < -0.39 is 0 Å². The summed E-state index contributed by atoms with van der Waals surface area (Å²) in [5, 5.41) is 4.28. The van der Waals surface area contributed by atoms with Crippen LogP contribution >= 0.6 is 23.2 Å². The molecular weight excluding hydrogens is 397 g/mol. The molecule has 1 fully saturated rings. The van der Waals surface area contributed by atoms with Gasteiger partial charge in [0, 0.05) is 48.3 Å². The Morgan fingerprint density at radius 3 is 2.04 bits per heavy atom. The Bertz CT molecular complexity index is 801.